The van der Waals surface area contributed by atoms with E-state index in [1.54, 1.807) is 12.1 Å². The SMILES string of the molecule is COc1ccc(CNC(=O)CCN2C(=O)[C@H]3CC=CC[C@H]3C2=O)c(OC)c1OC. The average molecular weight is 402 g/mol. The maximum absolute atomic E-state index is 12.5. The summed E-state index contributed by atoms with van der Waals surface area (Å²) in [6, 6.07) is 3.52. The van der Waals surface area contributed by atoms with Crippen molar-refractivity contribution in [1.29, 1.82) is 0 Å². The third kappa shape index (κ3) is 4.06. The topological polar surface area (TPSA) is 94.2 Å². The van der Waals surface area contributed by atoms with Gasteiger partial charge in [-0.05, 0) is 25.0 Å². The lowest BCUT2D eigenvalue weighted by Gasteiger charge is -2.17. The van der Waals surface area contributed by atoms with E-state index in [0.29, 0.717) is 30.1 Å². The van der Waals surface area contributed by atoms with E-state index in [4.69, 9.17) is 14.2 Å². The molecule has 29 heavy (non-hydrogen) atoms. The van der Waals surface area contributed by atoms with Crippen LogP contribution in [0.4, 0.5) is 0 Å². The van der Waals surface area contributed by atoms with Gasteiger partial charge in [0.15, 0.2) is 11.5 Å². The number of amides is 3. The van der Waals surface area contributed by atoms with E-state index in [1.807, 2.05) is 12.2 Å². The quantitative estimate of drug-likeness (QED) is 0.525. The molecule has 3 amide bonds. The number of imide groups is 1. The lowest BCUT2D eigenvalue weighted by Crippen LogP contribution is -2.35. The maximum Gasteiger partial charge on any atom is 0.233 e. The number of rotatable bonds is 8. The Labute approximate surface area is 169 Å². The monoisotopic (exact) mass is 402 g/mol. The molecule has 156 valence electrons. The zero-order valence-electron chi connectivity index (χ0n) is 16.9. The molecule has 0 saturated carbocycles. The van der Waals surface area contributed by atoms with Crippen molar-refractivity contribution in [3.8, 4) is 17.2 Å². The highest BCUT2D eigenvalue weighted by Crippen LogP contribution is 2.39. The second-order valence-corrected chi connectivity index (χ2v) is 7.00. The third-order valence-electron chi connectivity index (χ3n) is 5.42. The van der Waals surface area contributed by atoms with Crippen molar-refractivity contribution in [2.75, 3.05) is 27.9 Å². The van der Waals surface area contributed by atoms with Gasteiger partial charge in [0.2, 0.25) is 23.5 Å². The number of carbonyl (C=O) groups excluding carboxylic acids is 3. The van der Waals surface area contributed by atoms with Crippen LogP contribution in [0.1, 0.15) is 24.8 Å². The van der Waals surface area contributed by atoms with Crippen LogP contribution in [-0.4, -0.2) is 50.5 Å². The molecule has 2 aliphatic rings. The van der Waals surface area contributed by atoms with Crippen LogP contribution in [0, 0.1) is 11.8 Å². The first-order valence-electron chi connectivity index (χ1n) is 9.56. The summed E-state index contributed by atoms with van der Waals surface area (Å²) < 4.78 is 16.0. The Morgan fingerprint density at radius 3 is 2.17 bits per heavy atom. The van der Waals surface area contributed by atoms with Crippen molar-refractivity contribution in [2.45, 2.75) is 25.8 Å². The fourth-order valence-electron chi connectivity index (χ4n) is 3.89. The smallest absolute Gasteiger partial charge is 0.233 e. The van der Waals surface area contributed by atoms with Crippen LogP contribution in [0.5, 0.6) is 17.2 Å². The van der Waals surface area contributed by atoms with Gasteiger partial charge in [-0.25, -0.2) is 0 Å². The number of ether oxygens (including phenoxy) is 3. The van der Waals surface area contributed by atoms with E-state index < -0.39 is 0 Å². The van der Waals surface area contributed by atoms with Crippen molar-refractivity contribution in [3.63, 3.8) is 0 Å². The predicted molar refractivity (Wildman–Crippen MR) is 105 cm³/mol. The largest absolute Gasteiger partial charge is 0.493 e. The van der Waals surface area contributed by atoms with Gasteiger partial charge in [0.25, 0.3) is 0 Å². The minimum atomic E-state index is -0.272. The van der Waals surface area contributed by atoms with E-state index in [1.165, 1.54) is 26.2 Å². The van der Waals surface area contributed by atoms with E-state index in [0.717, 1.165) is 5.56 Å². The molecule has 1 aliphatic heterocycles. The number of likely N-dealkylation sites (tertiary alicyclic amines) is 1. The Morgan fingerprint density at radius 1 is 1.00 bits per heavy atom. The molecule has 0 aromatic heterocycles. The molecule has 1 saturated heterocycles. The van der Waals surface area contributed by atoms with Crippen molar-refractivity contribution < 1.29 is 28.6 Å². The molecule has 2 atom stereocenters. The van der Waals surface area contributed by atoms with Crippen LogP contribution in [0.3, 0.4) is 0 Å². The van der Waals surface area contributed by atoms with Crippen LogP contribution in [-0.2, 0) is 20.9 Å². The van der Waals surface area contributed by atoms with Crippen LogP contribution in [0.25, 0.3) is 0 Å². The summed E-state index contributed by atoms with van der Waals surface area (Å²) >= 11 is 0. The first-order chi connectivity index (χ1) is 14.0. The summed E-state index contributed by atoms with van der Waals surface area (Å²) in [5, 5.41) is 2.80. The molecule has 1 aromatic carbocycles. The second kappa shape index (κ2) is 8.98. The Kier molecular flexibility index (Phi) is 6.41. The molecule has 1 fully saturated rings. The molecule has 0 bridgehead atoms. The molecular formula is C21H26N2O6. The normalized spacial score (nSPS) is 20.4. The zero-order chi connectivity index (χ0) is 21.0. The Balaban J connectivity index is 1.57. The lowest BCUT2D eigenvalue weighted by molar-refractivity contribution is -0.140. The van der Waals surface area contributed by atoms with E-state index in [2.05, 4.69) is 5.32 Å². The maximum atomic E-state index is 12.5. The molecule has 1 heterocycles. The van der Waals surface area contributed by atoms with E-state index >= 15 is 0 Å². The number of hydrogen-bond donors (Lipinski definition) is 1. The minimum absolute atomic E-state index is 0.0555. The van der Waals surface area contributed by atoms with Gasteiger partial charge in [-0.1, -0.05) is 12.2 Å². The van der Waals surface area contributed by atoms with Gasteiger partial charge in [0, 0.05) is 25.1 Å². The Morgan fingerprint density at radius 2 is 1.62 bits per heavy atom. The predicted octanol–water partition coefficient (Wildman–Crippen LogP) is 1.67. The van der Waals surface area contributed by atoms with Crippen molar-refractivity contribution in [2.24, 2.45) is 11.8 Å². The van der Waals surface area contributed by atoms with Crippen molar-refractivity contribution in [3.05, 3.63) is 29.8 Å². The van der Waals surface area contributed by atoms with Gasteiger partial charge in [0.1, 0.15) is 0 Å². The summed E-state index contributed by atoms with van der Waals surface area (Å²) in [4.78, 5) is 38.5. The third-order valence-corrected chi connectivity index (χ3v) is 5.42. The fourth-order valence-corrected chi connectivity index (χ4v) is 3.89. The summed E-state index contributed by atoms with van der Waals surface area (Å²) in [6.07, 6.45) is 5.13. The average Bonchev–Trinajstić information content (AvgIpc) is 2.99. The number of carbonyl (C=O) groups is 3. The van der Waals surface area contributed by atoms with Gasteiger partial charge in [-0.15, -0.1) is 0 Å². The number of allylic oxidation sites excluding steroid dienone is 2. The molecule has 1 aliphatic carbocycles. The molecule has 0 unspecified atom stereocenters. The number of nitrogens with zero attached hydrogens (tertiary/aromatic N) is 1. The Hall–Kier alpha value is -3.03. The lowest BCUT2D eigenvalue weighted by atomic mass is 9.85. The van der Waals surface area contributed by atoms with Gasteiger partial charge in [-0.2, -0.15) is 0 Å². The van der Waals surface area contributed by atoms with Crippen molar-refractivity contribution in [1.82, 2.24) is 10.2 Å². The summed E-state index contributed by atoms with van der Waals surface area (Å²) in [5.74, 6) is 0.326. The van der Waals surface area contributed by atoms with Gasteiger partial charge in [-0.3, -0.25) is 19.3 Å². The molecule has 0 spiro atoms. The van der Waals surface area contributed by atoms with Crippen LogP contribution in [0.15, 0.2) is 24.3 Å². The zero-order valence-corrected chi connectivity index (χ0v) is 16.9. The highest BCUT2D eigenvalue weighted by molar-refractivity contribution is 6.05. The number of nitrogens with one attached hydrogen (secondary N) is 1. The first kappa shape index (κ1) is 20.7. The summed E-state index contributed by atoms with van der Waals surface area (Å²) in [6.45, 7) is 0.318. The number of fused-ring (bicyclic) bond motifs is 1. The number of methoxy groups -OCH3 is 3. The van der Waals surface area contributed by atoms with Gasteiger partial charge >= 0.3 is 0 Å². The Bertz CT molecular complexity index is 809. The summed E-state index contributed by atoms with van der Waals surface area (Å²) in [5.41, 5.74) is 0.726. The second-order valence-electron chi connectivity index (χ2n) is 7.00. The highest BCUT2D eigenvalue weighted by Gasteiger charge is 2.46. The molecule has 8 heteroatoms. The molecule has 0 radical (unpaired) electrons. The van der Waals surface area contributed by atoms with Gasteiger partial charge in [0.05, 0.1) is 33.2 Å². The van der Waals surface area contributed by atoms with Crippen LogP contribution >= 0.6 is 0 Å². The van der Waals surface area contributed by atoms with Gasteiger partial charge < -0.3 is 19.5 Å². The first-order valence-corrected chi connectivity index (χ1v) is 9.56. The number of benzene rings is 1. The molecular weight excluding hydrogens is 376 g/mol. The highest BCUT2D eigenvalue weighted by atomic mass is 16.5. The fraction of sp³-hybridized carbons (Fsp3) is 0.476. The van der Waals surface area contributed by atoms with Crippen molar-refractivity contribution >= 4 is 17.7 Å². The van der Waals surface area contributed by atoms with E-state index in [-0.39, 0.29) is 49.1 Å². The molecule has 3 rings (SSSR count). The summed E-state index contributed by atoms with van der Waals surface area (Å²) in [7, 11) is 4.56. The molecule has 1 N–H and O–H groups in total. The number of hydrogen-bond acceptors (Lipinski definition) is 6. The van der Waals surface area contributed by atoms with Crippen LogP contribution < -0.4 is 19.5 Å². The van der Waals surface area contributed by atoms with E-state index in [9.17, 15) is 14.4 Å². The standard InChI is InChI=1S/C21H26N2O6/c1-27-16-9-8-13(18(28-2)19(16)29-3)12-22-17(24)10-11-23-20(25)14-6-4-5-7-15(14)21(23)26/h4-5,8-9,14-15H,6-7,10-12H2,1-3H3,(H,22,24)/t14-,15+. The van der Waals surface area contributed by atoms with Crippen LogP contribution in [0.2, 0.25) is 0 Å². The minimum Gasteiger partial charge on any atom is -0.493 e. The molecule has 8 nitrogen and oxygen atoms in total. The molecule has 1 aromatic rings.